The number of nitrogens with one attached hydrogen (secondary N) is 1. The third-order valence-corrected chi connectivity index (χ3v) is 0.770. The van der Waals surface area contributed by atoms with Crippen molar-refractivity contribution in [3.05, 3.63) is 18.0 Å². The van der Waals surface area contributed by atoms with E-state index in [0.29, 0.717) is 0 Å². The topological polar surface area (TPSA) is 27.5 Å². The van der Waals surface area contributed by atoms with E-state index < -0.39 is 0 Å². The maximum atomic E-state index is 10.4. The van der Waals surface area contributed by atoms with Gasteiger partial charge in [0.2, 0.25) is 0 Å². The van der Waals surface area contributed by atoms with Crippen LogP contribution in [0.5, 0.6) is 0 Å². The predicted molar refractivity (Wildman–Crippen MR) is 29.7 cm³/mol. The molecule has 0 aromatic heterocycles. The molecule has 0 aromatic carbocycles. The lowest BCUT2D eigenvalue weighted by atomic mass is 10.4. The van der Waals surface area contributed by atoms with E-state index in [1.54, 1.807) is 0 Å². The summed E-state index contributed by atoms with van der Waals surface area (Å²) in [6.45, 7) is 7.03. The van der Waals surface area contributed by atoms with Gasteiger partial charge in [-0.1, -0.05) is 0 Å². The minimum absolute atomic E-state index is 0.109. The first-order chi connectivity index (χ1) is 3.18. The Labute approximate surface area is 44.0 Å². The van der Waals surface area contributed by atoms with Crippen LogP contribution in [0.2, 0.25) is 0 Å². The molecule has 2 heteroatoms. The largest absolute Gasteiger partial charge is 0.629 e. The molecule has 0 rings (SSSR count). The van der Waals surface area contributed by atoms with Crippen molar-refractivity contribution in [3.8, 4) is 0 Å². The van der Waals surface area contributed by atoms with Crippen molar-refractivity contribution in [2.75, 3.05) is 0 Å². The molecule has 0 saturated carbocycles. The molecule has 42 valence electrons. The molecule has 7 heavy (non-hydrogen) atoms. The molecular formula is C5H11NO. The number of rotatable bonds is 2. The van der Waals surface area contributed by atoms with Gasteiger partial charge in [-0.25, -0.2) is 0 Å². The van der Waals surface area contributed by atoms with Gasteiger partial charge < -0.3 is 10.3 Å². The monoisotopic (exact) mass is 101 g/mol. The molecule has 0 aromatic rings. The Morgan fingerprint density at radius 2 is 2.14 bits per heavy atom. The zero-order valence-corrected chi connectivity index (χ0v) is 4.77. The lowest BCUT2D eigenvalue weighted by Gasteiger charge is -2.20. The van der Waals surface area contributed by atoms with E-state index in [1.165, 1.54) is 6.20 Å². The highest BCUT2D eigenvalue weighted by atomic mass is 16.5. The molecular weight excluding hydrogens is 90.1 g/mol. The zero-order valence-electron chi connectivity index (χ0n) is 4.77. The van der Waals surface area contributed by atoms with Crippen LogP contribution in [0, 0.1) is 5.21 Å². The van der Waals surface area contributed by atoms with Crippen LogP contribution in [0.4, 0.5) is 0 Å². The molecule has 0 aliphatic heterocycles. The highest BCUT2D eigenvalue weighted by Gasteiger charge is 1.93. The number of hydrogen-bond donors (Lipinski definition) is 1. The molecule has 1 N–H and O–H groups in total. The second kappa shape index (κ2) is 2.77. The Morgan fingerprint density at radius 1 is 1.71 bits per heavy atom. The smallest absolute Gasteiger partial charge is 0.0871 e. The van der Waals surface area contributed by atoms with Crippen LogP contribution in [0.25, 0.3) is 0 Å². The van der Waals surface area contributed by atoms with Crippen LogP contribution in [-0.2, 0) is 0 Å². The molecule has 1 unspecified atom stereocenters. The summed E-state index contributed by atoms with van der Waals surface area (Å²) in [5.41, 5.74) is 0. The molecule has 1 atom stereocenters. The van der Waals surface area contributed by atoms with Crippen LogP contribution in [-0.4, -0.2) is 6.04 Å². The Kier molecular flexibility index (Phi) is 2.64. The van der Waals surface area contributed by atoms with Gasteiger partial charge in [0.05, 0.1) is 12.2 Å². The van der Waals surface area contributed by atoms with Crippen molar-refractivity contribution < 1.29 is 5.06 Å². The first kappa shape index (κ1) is 6.66. The normalized spacial score (nSPS) is 14.3. The van der Waals surface area contributed by atoms with Crippen molar-refractivity contribution in [2.45, 2.75) is 19.9 Å². The fraction of sp³-hybridized carbons (Fsp3) is 0.600. The molecule has 0 spiro atoms. The molecule has 0 heterocycles. The Bertz CT molecular complexity index is 61.1. The fourth-order valence-electron chi connectivity index (χ4n) is 0.236. The lowest BCUT2D eigenvalue weighted by Crippen LogP contribution is -3.05. The van der Waals surface area contributed by atoms with Crippen molar-refractivity contribution in [3.63, 3.8) is 0 Å². The minimum atomic E-state index is 0.109. The van der Waals surface area contributed by atoms with Gasteiger partial charge in [-0.05, 0) is 20.4 Å². The molecule has 0 aliphatic carbocycles. The minimum Gasteiger partial charge on any atom is -0.629 e. The Hall–Kier alpha value is -0.340. The van der Waals surface area contributed by atoms with Gasteiger partial charge in [0, 0.05) is 0 Å². The van der Waals surface area contributed by atoms with E-state index in [2.05, 4.69) is 6.58 Å². The van der Waals surface area contributed by atoms with Gasteiger partial charge in [-0.15, -0.1) is 0 Å². The summed E-state index contributed by atoms with van der Waals surface area (Å²) in [5, 5.41) is 10.5. The van der Waals surface area contributed by atoms with E-state index in [0.717, 1.165) is 0 Å². The average Bonchev–Trinajstić information content (AvgIpc) is 1.65. The maximum Gasteiger partial charge on any atom is 0.0871 e. The first-order valence-corrected chi connectivity index (χ1v) is 2.34. The molecule has 0 saturated heterocycles. The van der Waals surface area contributed by atoms with Crippen LogP contribution in [0.15, 0.2) is 12.8 Å². The number of hydrogen-bond acceptors (Lipinski definition) is 1. The molecule has 0 radical (unpaired) electrons. The first-order valence-electron chi connectivity index (χ1n) is 2.34. The number of hydroxylamine groups is 2. The summed E-state index contributed by atoms with van der Waals surface area (Å²) in [6, 6.07) is 0.109. The molecule has 2 nitrogen and oxygen atoms in total. The number of quaternary nitrogens is 1. The van der Waals surface area contributed by atoms with Crippen molar-refractivity contribution >= 4 is 0 Å². The van der Waals surface area contributed by atoms with Gasteiger partial charge >= 0.3 is 0 Å². The second-order valence-corrected chi connectivity index (χ2v) is 1.76. The highest BCUT2D eigenvalue weighted by Crippen LogP contribution is 1.63. The van der Waals surface area contributed by atoms with Crippen LogP contribution in [0.3, 0.4) is 0 Å². The molecule has 0 fully saturated rings. The van der Waals surface area contributed by atoms with Gasteiger partial charge in [0.15, 0.2) is 0 Å². The summed E-state index contributed by atoms with van der Waals surface area (Å²) in [6.07, 6.45) is 1.35. The third-order valence-electron chi connectivity index (χ3n) is 0.770. The quantitative estimate of drug-likeness (QED) is 0.484. The van der Waals surface area contributed by atoms with E-state index in [1.807, 2.05) is 13.8 Å². The van der Waals surface area contributed by atoms with Gasteiger partial charge in [0.25, 0.3) is 0 Å². The van der Waals surface area contributed by atoms with E-state index >= 15 is 0 Å². The van der Waals surface area contributed by atoms with E-state index in [-0.39, 0.29) is 11.1 Å². The van der Waals surface area contributed by atoms with Crippen LogP contribution < -0.4 is 5.06 Å². The summed E-state index contributed by atoms with van der Waals surface area (Å²) in [7, 11) is 0. The van der Waals surface area contributed by atoms with Crippen molar-refractivity contribution in [2.24, 2.45) is 0 Å². The van der Waals surface area contributed by atoms with Gasteiger partial charge in [-0.2, -0.15) is 0 Å². The average molecular weight is 101 g/mol. The summed E-state index contributed by atoms with van der Waals surface area (Å²) in [4.78, 5) is 0. The van der Waals surface area contributed by atoms with Crippen molar-refractivity contribution in [1.82, 2.24) is 0 Å². The van der Waals surface area contributed by atoms with Crippen LogP contribution in [0.1, 0.15) is 13.8 Å². The predicted octanol–water partition coefficient (Wildman–Crippen LogP) is -0.0790. The van der Waals surface area contributed by atoms with Crippen LogP contribution >= 0.6 is 0 Å². The summed E-state index contributed by atoms with van der Waals surface area (Å²) in [5.74, 6) is 0. The van der Waals surface area contributed by atoms with E-state index in [9.17, 15) is 5.21 Å². The lowest BCUT2D eigenvalue weighted by molar-refractivity contribution is -0.815. The Morgan fingerprint density at radius 3 is 2.14 bits per heavy atom. The van der Waals surface area contributed by atoms with E-state index in [4.69, 9.17) is 0 Å². The summed E-state index contributed by atoms with van der Waals surface area (Å²) < 4.78 is 0. The highest BCUT2D eigenvalue weighted by molar-refractivity contribution is 4.48. The Balaban J connectivity index is 3.33. The maximum absolute atomic E-state index is 10.4. The zero-order chi connectivity index (χ0) is 5.86. The third kappa shape index (κ3) is 2.37. The molecule has 0 bridgehead atoms. The van der Waals surface area contributed by atoms with Gasteiger partial charge in [-0.3, -0.25) is 0 Å². The second-order valence-electron chi connectivity index (χ2n) is 1.76. The van der Waals surface area contributed by atoms with Gasteiger partial charge in [0.1, 0.15) is 0 Å². The standard InChI is InChI=1S/C5H11NO/c1-4-6(7)5(2)3/h4-6H,1H2,2-3H3. The van der Waals surface area contributed by atoms with Crippen molar-refractivity contribution in [1.29, 1.82) is 0 Å². The molecule has 0 amide bonds. The molecule has 0 aliphatic rings. The summed E-state index contributed by atoms with van der Waals surface area (Å²) >= 11 is 0. The SMILES string of the molecule is C=C[NH+]([O-])C(C)C. The fourth-order valence-corrected chi connectivity index (χ4v) is 0.236.